The Morgan fingerprint density at radius 1 is 1.28 bits per heavy atom. The summed E-state index contributed by atoms with van der Waals surface area (Å²) in [5.41, 5.74) is 7.08. The highest BCUT2D eigenvalue weighted by molar-refractivity contribution is 7.13. The van der Waals surface area contributed by atoms with Gasteiger partial charge in [-0.2, -0.15) is 0 Å². The molecule has 0 radical (unpaired) electrons. The number of nitrogens with zero attached hydrogens (tertiary/aromatic N) is 3. The molecule has 2 heterocycles. The minimum Gasteiger partial charge on any atom is -0.375 e. The Balaban J connectivity index is 1.74. The van der Waals surface area contributed by atoms with Crippen LogP contribution in [-0.2, 0) is 6.42 Å². The Morgan fingerprint density at radius 3 is 2.44 bits per heavy atom. The Labute approximate surface area is 114 Å². The van der Waals surface area contributed by atoms with Crippen LogP contribution in [0.3, 0.4) is 0 Å². The van der Waals surface area contributed by atoms with E-state index in [1.54, 1.807) is 0 Å². The van der Waals surface area contributed by atoms with Crippen molar-refractivity contribution < 1.29 is 0 Å². The van der Waals surface area contributed by atoms with Crippen molar-refractivity contribution in [2.75, 3.05) is 38.5 Å². The molecule has 0 amide bonds. The van der Waals surface area contributed by atoms with E-state index in [1.807, 2.05) is 0 Å². The quantitative estimate of drug-likeness (QED) is 0.906. The lowest BCUT2D eigenvalue weighted by Gasteiger charge is -2.42. The maximum Gasteiger partial charge on any atom is 0.180 e. The highest BCUT2D eigenvalue weighted by atomic mass is 32.1. The van der Waals surface area contributed by atoms with Crippen molar-refractivity contribution in [3.05, 3.63) is 11.1 Å². The van der Waals surface area contributed by atoms with E-state index in [4.69, 9.17) is 5.73 Å². The van der Waals surface area contributed by atoms with Crippen molar-refractivity contribution in [3.8, 4) is 0 Å². The van der Waals surface area contributed by atoms with E-state index in [0.29, 0.717) is 10.7 Å². The van der Waals surface area contributed by atoms with Crippen molar-refractivity contribution in [2.45, 2.75) is 32.7 Å². The van der Waals surface area contributed by atoms with Gasteiger partial charge in [-0.3, -0.25) is 4.90 Å². The molecule has 18 heavy (non-hydrogen) atoms. The number of thiazole rings is 1. The Hall–Kier alpha value is -0.650. The fraction of sp³-hybridized carbons (Fsp3) is 0.769. The first kappa shape index (κ1) is 13.8. The van der Waals surface area contributed by atoms with Gasteiger partial charge in [-0.15, -0.1) is 11.3 Å². The molecule has 1 saturated heterocycles. The summed E-state index contributed by atoms with van der Waals surface area (Å²) in [4.78, 5) is 9.39. The molecule has 102 valence electrons. The molecule has 0 bridgehead atoms. The van der Waals surface area contributed by atoms with Gasteiger partial charge >= 0.3 is 0 Å². The Bertz CT molecular complexity index is 375. The first-order valence-corrected chi connectivity index (χ1v) is 7.50. The zero-order chi connectivity index (χ0) is 13.2. The number of nitrogens with two attached hydrogens (primary N) is 1. The van der Waals surface area contributed by atoms with Crippen LogP contribution in [0.5, 0.6) is 0 Å². The average molecular weight is 268 g/mol. The molecule has 0 saturated carbocycles. The maximum absolute atomic E-state index is 5.64. The fourth-order valence-corrected chi connectivity index (χ4v) is 2.95. The molecule has 5 heteroatoms. The molecule has 1 fully saturated rings. The molecule has 1 aliphatic rings. The number of anilines is 1. The standard InChI is InChI=1S/C13H24N4S/c1-13(2,3)17-8-6-16(7-9-17)5-4-11-10-18-12(14)15-11/h10H,4-9H2,1-3H3,(H2,14,15). The van der Waals surface area contributed by atoms with Crippen LogP contribution in [0, 0.1) is 0 Å². The van der Waals surface area contributed by atoms with Gasteiger partial charge < -0.3 is 10.6 Å². The second-order valence-electron chi connectivity index (χ2n) is 5.93. The highest BCUT2D eigenvalue weighted by Gasteiger charge is 2.25. The van der Waals surface area contributed by atoms with Crippen molar-refractivity contribution in [1.82, 2.24) is 14.8 Å². The molecule has 2 rings (SSSR count). The zero-order valence-corrected chi connectivity index (χ0v) is 12.5. The number of aromatic nitrogens is 1. The number of rotatable bonds is 3. The number of piperazine rings is 1. The van der Waals surface area contributed by atoms with Crippen molar-refractivity contribution in [1.29, 1.82) is 0 Å². The summed E-state index contributed by atoms with van der Waals surface area (Å²) >= 11 is 1.53. The molecule has 0 spiro atoms. The largest absolute Gasteiger partial charge is 0.375 e. The third kappa shape index (κ3) is 3.67. The van der Waals surface area contributed by atoms with E-state index in [1.165, 1.54) is 24.4 Å². The van der Waals surface area contributed by atoms with Gasteiger partial charge in [0.25, 0.3) is 0 Å². The molecule has 0 unspecified atom stereocenters. The van der Waals surface area contributed by atoms with Crippen molar-refractivity contribution in [3.63, 3.8) is 0 Å². The monoisotopic (exact) mass is 268 g/mol. The molecular formula is C13H24N4S. The predicted octanol–water partition coefficient (Wildman–Crippen LogP) is 1.68. The third-order valence-corrected chi connectivity index (χ3v) is 4.30. The van der Waals surface area contributed by atoms with Crippen molar-refractivity contribution in [2.24, 2.45) is 0 Å². The van der Waals surface area contributed by atoms with E-state index >= 15 is 0 Å². The van der Waals surface area contributed by atoms with Gasteiger partial charge in [0.05, 0.1) is 5.69 Å². The van der Waals surface area contributed by atoms with E-state index in [9.17, 15) is 0 Å². The summed E-state index contributed by atoms with van der Waals surface area (Å²) in [5, 5.41) is 2.75. The number of hydrogen-bond acceptors (Lipinski definition) is 5. The minimum atomic E-state index is 0.301. The van der Waals surface area contributed by atoms with Gasteiger partial charge in [0.2, 0.25) is 0 Å². The SMILES string of the molecule is CC(C)(C)N1CCN(CCc2csc(N)n2)CC1. The molecule has 4 nitrogen and oxygen atoms in total. The number of hydrogen-bond donors (Lipinski definition) is 1. The minimum absolute atomic E-state index is 0.301. The second kappa shape index (κ2) is 5.55. The molecular weight excluding hydrogens is 244 g/mol. The zero-order valence-electron chi connectivity index (χ0n) is 11.6. The van der Waals surface area contributed by atoms with Crippen LogP contribution < -0.4 is 5.73 Å². The topological polar surface area (TPSA) is 45.4 Å². The molecule has 1 aromatic heterocycles. The fourth-order valence-electron chi connectivity index (χ4n) is 2.35. The third-order valence-electron chi connectivity index (χ3n) is 3.57. The van der Waals surface area contributed by atoms with Gasteiger partial charge in [0.15, 0.2) is 5.13 Å². The molecule has 1 aliphatic heterocycles. The van der Waals surface area contributed by atoms with E-state index in [-0.39, 0.29) is 0 Å². The van der Waals surface area contributed by atoms with Gasteiger partial charge in [-0.1, -0.05) is 0 Å². The summed E-state index contributed by atoms with van der Waals surface area (Å²) < 4.78 is 0. The molecule has 0 aliphatic carbocycles. The van der Waals surface area contributed by atoms with Crippen LogP contribution in [-0.4, -0.2) is 53.0 Å². The lowest BCUT2D eigenvalue weighted by molar-refractivity contribution is 0.0628. The Kier molecular flexibility index (Phi) is 4.25. The molecule has 2 N–H and O–H groups in total. The number of nitrogen functional groups attached to an aromatic ring is 1. The van der Waals surface area contributed by atoms with Crippen LogP contribution in [0.25, 0.3) is 0 Å². The lowest BCUT2D eigenvalue weighted by Crippen LogP contribution is -2.53. The summed E-state index contributed by atoms with van der Waals surface area (Å²) in [7, 11) is 0. The van der Waals surface area contributed by atoms with Gasteiger partial charge in [-0.05, 0) is 20.8 Å². The summed E-state index contributed by atoms with van der Waals surface area (Å²) in [6, 6.07) is 0. The Morgan fingerprint density at radius 2 is 1.94 bits per heavy atom. The second-order valence-corrected chi connectivity index (χ2v) is 6.82. The first-order chi connectivity index (χ1) is 8.45. The van der Waals surface area contributed by atoms with Gasteiger partial charge in [-0.25, -0.2) is 4.98 Å². The van der Waals surface area contributed by atoms with E-state index < -0.39 is 0 Å². The summed E-state index contributed by atoms with van der Waals surface area (Å²) in [5.74, 6) is 0. The van der Waals surface area contributed by atoms with Crippen LogP contribution in [0.2, 0.25) is 0 Å². The molecule has 0 aromatic carbocycles. The summed E-state index contributed by atoms with van der Waals surface area (Å²) in [6.45, 7) is 12.6. The average Bonchev–Trinajstić information content (AvgIpc) is 2.72. The van der Waals surface area contributed by atoms with Crippen LogP contribution in [0.4, 0.5) is 5.13 Å². The van der Waals surface area contributed by atoms with Crippen molar-refractivity contribution >= 4 is 16.5 Å². The van der Waals surface area contributed by atoms with Crippen LogP contribution in [0.15, 0.2) is 5.38 Å². The first-order valence-electron chi connectivity index (χ1n) is 6.62. The summed E-state index contributed by atoms with van der Waals surface area (Å²) in [6.07, 6.45) is 1.02. The maximum atomic E-state index is 5.64. The molecule has 1 aromatic rings. The van der Waals surface area contributed by atoms with E-state index in [2.05, 4.69) is 40.9 Å². The van der Waals surface area contributed by atoms with E-state index in [0.717, 1.165) is 31.7 Å². The van der Waals surface area contributed by atoms with Gasteiger partial charge in [0.1, 0.15) is 0 Å². The normalized spacial score (nSPS) is 19.3. The molecule has 0 atom stereocenters. The predicted molar refractivity (Wildman–Crippen MR) is 78.0 cm³/mol. The smallest absolute Gasteiger partial charge is 0.180 e. The van der Waals surface area contributed by atoms with Gasteiger partial charge in [0, 0.05) is 50.1 Å². The van der Waals surface area contributed by atoms with Crippen LogP contribution >= 0.6 is 11.3 Å². The lowest BCUT2D eigenvalue weighted by atomic mass is 10.0. The van der Waals surface area contributed by atoms with Crippen LogP contribution in [0.1, 0.15) is 26.5 Å². The highest BCUT2D eigenvalue weighted by Crippen LogP contribution is 2.16.